The van der Waals surface area contributed by atoms with Crippen LogP contribution in [0.4, 0.5) is 0 Å². The third-order valence-electron chi connectivity index (χ3n) is 2.81. The molecule has 4 N–H and O–H groups in total. The molecule has 0 aromatic carbocycles. The summed E-state index contributed by atoms with van der Waals surface area (Å²) in [7, 11) is 0. The number of aliphatic hydroxyl groups excluding tert-OH is 1. The molecule has 1 saturated heterocycles. The Morgan fingerprint density at radius 1 is 1.71 bits per heavy atom. The third-order valence-corrected chi connectivity index (χ3v) is 2.81. The number of amides is 1. The molecular weight excluding hydrogens is 222 g/mol. The summed E-state index contributed by atoms with van der Waals surface area (Å²) in [4.78, 5) is 13.8. The minimum atomic E-state index is -0.588. The number of ether oxygens (including phenoxy) is 1. The highest BCUT2D eigenvalue weighted by molar-refractivity contribution is 5.82. The van der Waals surface area contributed by atoms with Crippen LogP contribution in [0, 0.1) is 0 Å². The molecule has 0 bridgehead atoms. The van der Waals surface area contributed by atoms with Crippen LogP contribution in [0.2, 0.25) is 0 Å². The second-order valence-electron chi connectivity index (χ2n) is 4.27. The van der Waals surface area contributed by atoms with Crippen LogP contribution in [-0.4, -0.2) is 67.5 Å². The lowest BCUT2D eigenvalue weighted by molar-refractivity contribution is -0.133. The Morgan fingerprint density at radius 2 is 2.47 bits per heavy atom. The average molecular weight is 245 g/mol. The molecule has 1 aliphatic rings. The van der Waals surface area contributed by atoms with Gasteiger partial charge in [-0.3, -0.25) is 9.69 Å². The summed E-state index contributed by atoms with van der Waals surface area (Å²) in [5.74, 6) is -0.0317. The predicted octanol–water partition coefficient (Wildman–Crippen LogP) is -1.47. The molecule has 0 radical (unpaired) electrons. The largest absolute Gasteiger partial charge is 0.390 e. The minimum absolute atomic E-state index is 0.0317. The molecule has 2 unspecified atom stereocenters. The van der Waals surface area contributed by atoms with Gasteiger partial charge in [-0.05, 0) is 6.42 Å². The monoisotopic (exact) mass is 245 g/mol. The van der Waals surface area contributed by atoms with Crippen LogP contribution in [-0.2, 0) is 9.53 Å². The van der Waals surface area contributed by atoms with Gasteiger partial charge in [0, 0.05) is 26.2 Å². The van der Waals surface area contributed by atoms with E-state index in [1.165, 1.54) is 0 Å². The van der Waals surface area contributed by atoms with E-state index in [9.17, 15) is 9.90 Å². The zero-order valence-electron chi connectivity index (χ0n) is 10.4. The van der Waals surface area contributed by atoms with Gasteiger partial charge in [0.2, 0.25) is 5.91 Å². The summed E-state index contributed by atoms with van der Waals surface area (Å²) in [5.41, 5.74) is 5.38. The first kappa shape index (κ1) is 14.4. The maximum absolute atomic E-state index is 11.9. The second-order valence-corrected chi connectivity index (χ2v) is 4.27. The molecule has 0 saturated carbocycles. The molecule has 0 spiro atoms. The highest BCUT2D eigenvalue weighted by atomic mass is 16.5. The summed E-state index contributed by atoms with van der Waals surface area (Å²) in [6.45, 7) is 4.93. The average Bonchev–Trinajstić information content (AvgIpc) is 2.36. The van der Waals surface area contributed by atoms with E-state index in [2.05, 4.69) is 5.32 Å². The molecule has 17 heavy (non-hydrogen) atoms. The van der Waals surface area contributed by atoms with Crippen LogP contribution in [0.25, 0.3) is 0 Å². The molecule has 0 aromatic heterocycles. The number of carbonyl (C=O) groups is 1. The van der Waals surface area contributed by atoms with E-state index in [0.717, 1.165) is 6.42 Å². The molecule has 100 valence electrons. The normalized spacial score (nSPS) is 23.4. The van der Waals surface area contributed by atoms with E-state index < -0.39 is 6.10 Å². The smallest absolute Gasteiger partial charge is 0.239 e. The zero-order chi connectivity index (χ0) is 12.7. The highest BCUT2D eigenvalue weighted by Gasteiger charge is 2.29. The number of hydrogen-bond acceptors (Lipinski definition) is 5. The molecule has 1 aliphatic heterocycles. The number of nitrogens with zero attached hydrogens (tertiary/aromatic N) is 1. The van der Waals surface area contributed by atoms with Gasteiger partial charge in [0.15, 0.2) is 0 Å². The van der Waals surface area contributed by atoms with Crippen molar-refractivity contribution in [2.75, 3.05) is 39.4 Å². The van der Waals surface area contributed by atoms with Gasteiger partial charge >= 0.3 is 0 Å². The van der Waals surface area contributed by atoms with Crippen molar-refractivity contribution in [1.29, 1.82) is 0 Å². The second kappa shape index (κ2) is 7.60. The summed E-state index contributed by atoms with van der Waals surface area (Å²) in [6, 6.07) is -0.309. The van der Waals surface area contributed by atoms with Crippen molar-refractivity contribution in [3.8, 4) is 0 Å². The summed E-state index contributed by atoms with van der Waals surface area (Å²) >= 11 is 0. The fourth-order valence-corrected chi connectivity index (χ4v) is 1.81. The molecule has 2 atom stereocenters. The van der Waals surface area contributed by atoms with Crippen LogP contribution in [0.15, 0.2) is 0 Å². The number of morpholine rings is 1. The summed E-state index contributed by atoms with van der Waals surface area (Å²) < 4.78 is 5.31. The van der Waals surface area contributed by atoms with Crippen molar-refractivity contribution in [2.45, 2.75) is 25.5 Å². The quantitative estimate of drug-likeness (QED) is 0.532. The number of rotatable bonds is 6. The van der Waals surface area contributed by atoms with Gasteiger partial charge in [-0.2, -0.15) is 0 Å². The standard InChI is InChI=1S/C11H23N3O3/c1-2-3-13-11(16)10-8-17-5-4-14(10)7-9(15)6-12/h9-10,15H,2-8,12H2,1H3,(H,13,16). The number of nitrogens with two attached hydrogens (primary N) is 1. The van der Waals surface area contributed by atoms with Crippen LogP contribution >= 0.6 is 0 Å². The van der Waals surface area contributed by atoms with Crippen molar-refractivity contribution in [1.82, 2.24) is 10.2 Å². The maximum Gasteiger partial charge on any atom is 0.239 e. The number of aliphatic hydroxyl groups is 1. The van der Waals surface area contributed by atoms with Gasteiger partial charge in [-0.25, -0.2) is 0 Å². The minimum Gasteiger partial charge on any atom is -0.390 e. The molecule has 0 aromatic rings. The Balaban J connectivity index is 2.49. The number of hydrogen-bond donors (Lipinski definition) is 3. The van der Waals surface area contributed by atoms with Crippen molar-refractivity contribution >= 4 is 5.91 Å². The molecule has 1 fully saturated rings. The van der Waals surface area contributed by atoms with Gasteiger partial charge in [0.25, 0.3) is 0 Å². The van der Waals surface area contributed by atoms with E-state index in [4.69, 9.17) is 10.5 Å². The van der Waals surface area contributed by atoms with Crippen LogP contribution in [0.3, 0.4) is 0 Å². The summed E-state index contributed by atoms with van der Waals surface area (Å²) in [5, 5.41) is 12.4. The molecular formula is C11H23N3O3. The number of nitrogens with one attached hydrogen (secondary N) is 1. The van der Waals surface area contributed by atoms with E-state index in [1.54, 1.807) is 0 Å². The van der Waals surface area contributed by atoms with Crippen LogP contribution in [0.1, 0.15) is 13.3 Å². The van der Waals surface area contributed by atoms with E-state index in [0.29, 0.717) is 32.8 Å². The lowest BCUT2D eigenvalue weighted by atomic mass is 10.2. The first-order chi connectivity index (χ1) is 8.19. The molecule has 6 heteroatoms. The number of β-amino-alcohol motifs (C(OH)–C–C–N with tert-alkyl or cyclic N) is 1. The van der Waals surface area contributed by atoms with Gasteiger partial charge in [-0.1, -0.05) is 6.92 Å². The van der Waals surface area contributed by atoms with Gasteiger partial charge < -0.3 is 20.9 Å². The lowest BCUT2D eigenvalue weighted by Crippen LogP contribution is -2.56. The molecule has 1 heterocycles. The zero-order valence-corrected chi connectivity index (χ0v) is 10.4. The van der Waals surface area contributed by atoms with Crippen LogP contribution < -0.4 is 11.1 Å². The Hall–Kier alpha value is -0.690. The van der Waals surface area contributed by atoms with E-state index in [-0.39, 0.29) is 18.5 Å². The van der Waals surface area contributed by atoms with E-state index in [1.807, 2.05) is 11.8 Å². The SMILES string of the molecule is CCCNC(=O)C1COCCN1CC(O)CN. The Bertz CT molecular complexity index is 238. The molecule has 1 rings (SSSR count). The first-order valence-electron chi connectivity index (χ1n) is 6.16. The molecule has 0 aliphatic carbocycles. The van der Waals surface area contributed by atoms with E-state index >= 15 is 0 Å². The van der Waals surface area contributed by atoms with Crippen molar-refractivity contribution < 1.29 is 14.6 Å². The predicted molar refractivity (Wildman–Crippen MR) is 64.5 cm³/mol. The van der Waals surface area contributed by atoms with Gasteiger partial charge in [-0.15, -0.1) is 0 Å². The molecule has 1 amide bonds. The fourth-order valence-electron chi connectivity index (χ4n) is 1.81. The first-order valence-corrected chi connectivity index (χ1v) is 6.16. The van der Waals surface area contributed by atoms with Gasteiger partial charge in [0.05, 0.1) is 19.3 Å². The number of carbonyl (C=O) groups excluding carboxylic acids is 1. The Kier molecular flexibility index (Phi) is 6.43. The van der Waals surface area contributed by atoms with Crippen molar-refractivity contribution in [3.63, 3.8) is 0 Å². The Labute approximate surface area is 102 Å². The Morgan fingerprint density at radius 3 is 3.12 bits per heavy atom. The maximum atomic E-state index is 11.9. The lowest BCUT2D eigenvalue weighted by Gasteiger charge is -2.35. The van der Waals surface area contributed by atoms with Gasteiger partial charge in [0.1, 0.15) is 6.04 Å². The molecule has 6 nitrogen and oxygen atoms in total. The van der Waals surface area contributed by atoms with Crippen molar-refractivity contribution in [2.24, 2.45) is 5.73 Å². The van der Waals surface area contributed by atoms with Crippen LogP contribution in [0.5, 0.6) is 0 Å². The fraction of sp³-hybridized carbons (Fsp3) is 0.909. The highest BCUT2D eigenvalue weighted by Crippen LogP contribution is 2.08. The van der Waals surface area contributed by atoms with Crippen molar-refractivity contribution in [3.05, 3.63) is 0 Å². The summed E-state index contributed by atoms with van der Waals surface area (Å²) in [6.07, 6.45) is 0.319. The topological polar surface area (TPSA) is 87.8 Å². The third kappa shape index (κ3) is 4.59.